The Morgan fingerprint density at radius 2 is 1.95 bits per heavy atom. The van der Waals surface area contributed by atoms with Gasteiger partial charge in [-0.05, 0) is 39.0 Å². The Bertz CT molecular complexity index is 412. The fraction of sp³-hybridized carbons (Fsp3) is 0.571. The first-order valence-electron chi connectivity index (χ1n) is 6.36. The summed E-state index contributed by atoms with van der Waals surface area (Å²) in [5.74, 6) is 0.668. The number of β-amino-alcohol motifs (C(OH)–C–C–N with tert-alkyl or cyclic N) is 1. The quantitative estimate of drug-likeness (QED) is 0.730. The highest BCUT2D eigenvalue weighted by Crippen LogP contribution is 2.22. The van der Waals surface area contributed by atoms with E-state index in [0.717, 1.165) is 5.56 Å². The number of hydrogen-bond donors (Lipinski definition) is 3. The van der Waals surface area contributed by atoms with Gasteiger partial charge in [0.15, 0.2) is 0 Å². The predicted octanol–water partition coefficient (Wildman–Crippen LogP) is 2.77. The smallest absolute Gasteiger partial charge is 0.124 e. The lowest BCUT2D eigenvalue weighted by molar-refractivity contribution is 0.0996. The van der Waals surface area contributed by atoms with Crippen molar-refractivity contribution in [2.24, 2.45) is 5.73 Å². The lowest BCUT2D eigenvalue weighted by Crippen LogP contribution is -2.42. The van der Waals surface area contributed by atoms with Crippen LogP contribution in [0.1, 0.15) is 26.3 Å². The minimum atomic E-state index is -0.569. The van der Waals surface area contributed by atoms with Crippen molar-refractivity contribution in [2.45, 2.75) is 39.0 Å². The van der Waals surface area contributed by atoms with Gasteiger partial charge in [0.25, 0.3) is 0 Å². The molecule has 0 bridgehead atoms. The van der Waals surface area contributed by atoms with Gasteiger partial charge in [-0.25, -0.2) is 0 Å². The van der Waals surface area contributed by atoms with E-state index in [-0.39, 0.29) is 37.0 Å². The largest absolute Gasteiger partial charge is 0.491 e. The van der Waals surface area contributed by atoms with E-state index in [1.807, 2.05) is 20.8 Å². The normalized spacial score (nSPS) is 12.1. The predicted molar refractivity (Wildman–Crippen MR) is 93.1 cm³/mol. The fourth-order valence-electron chi connectivity index (χ4n) is 1.52. The number of aliphatic hydroxyl groups excluding tert-OH is 1. The molecule has 0 aliphatic heterocycles. The molecule has 0 spiro atoms. The molecule has 0 fully saturated rings. The van der Waals surface area contributed by atoms with Gasteiger partial charge in [0.1, 0.15) is 18.5 Å². The van der Waals surface area contributed by atoms with Gasteiger partial charge in [-0.3, -0.25) is 0 Å². The molecule has 0 saturated heterocycles. The van der Waals surface area contributed by atoms with Crippen molar-refractivity contribution in [3.63, 3.8) is 0 Å². The standard InChI is InChI=1S/C14H23ClN2O2.2ClH/c1-14(2,3)17-8-12(18)9-19-13-5-4-11(15)6-10(13)7-16;;/h4-6,12,17-18H,7-9,16H2,1-3H3;2*1H. The van der Waals surface area contributed by atoms with Gasteiger partial charge in [-0.15, -0.1) is 24.8 Å². The van der Waals surface area contributed by atoms with E-state index in [1.54, 1.807) is 18.2 Å². The second-order valence-electron chi connectivity index (χ2n) is 5.55. The maximum atomic E-state index is 9.85. The number of nitrogens with two attached hydrogens (primary N) is 1. The number of rotatable bonds is 6. The molecular formula is C14H25Cl3N2O2. The van der Waals surface area contributed by atoms with E-state index < -0.39 is 6.10 Å². The first kappa shape index (κ1) is 23.0. The second-order valence-corrected chi connectivity index (χ2v) is 5.99. The number of ether oxygens (including phenoxy) is 1. The van der Waals surface area contributed by atoms with Crippen LogP contribution in [0.2, 0.25) is 5.02 Å². The van der Waals surface area contributed by atoms with E-state index >= 15 is 0 Å². The Balaban J connectivity index is 0. The van der Waals surface area contributed by atoms with Crippen molar-refractivity contribution in [3.8, 4) is 5.75 Å². The molecule has 1 unspecified atom stereocenters. The SMILES string of the molecule is CC(C)(C)NCC(O)COc1ccc(Cl)cc1CN.Cl.Cl. The van der Waals surface area contributed by atoms with Crippen molar-refractivity contribution in [3.05, 3.63) is 28.8 Å². The van der Waals surface area contributed by atoms with E-state index in [2.05, 4.69) is 5.32 Å². The molecule has 0 aliphatic carbocycles. The molecule has 0 amide bonds. The van der Waals surface area contributed by atoms with Crippen molar-refractivity contribution in [2.75, 3.05) is 13.2 Å². The van der Waals surface area contributed by atoms with Gasteiger partial charge in [-0.1, -0.05) is 11.6 Å². The Morgan fingerprint density at radius 3 is 2.48 bits per heavy atom. The van der Waals surface area contributed by atoms with Crippen molar-refractivity contribution < 1.29 is 9.84 Å². The first-order valence-corrected chi connectivity index (χ1v) is 6.74. The first-order chi connectivity index (χ1) is 8.81. The number of benzene rings is 1. The highest BCUT2D eigenvalue weighted by Gasteiger charge is 2.13. The molecule has 0 saturated carbocycles. The van der Waals surface area contributed by atoms with Gasteiger partial charge >= 0.3 is 0 Å². The molecule has 124 valence electrons. The molecule has 1 aromatic rings. The van der Waals surface area contributed by atoms with Gasteiger partial charge < -0.3 is 20.9 Å². The Kier molecular flexibility index (Phi) is 11.5. The number of aliphatic hydroxyl groups is 1. The maximum Gasteiger partial charge on any atom is 0.124 e. The lowest BCUT2D eigenvalue weighted by atomic mass is 10.1. The summed E-state index contributed by atoms with van der Waals surface area (Å²) in [7, 11) is 0. The lowest BCUT2D eigenvalue weighted by Gasteiger charge is -2.23. The molecular weight excluding hydrogens is 335 g/mol. The van der Waals surface area contributed by atoms with Crippen molar-refractivity contribution in [1.82, 2.24) is 5.32 Å². The molecule has 21 heavy (non-hydrogen) atoms. The van der Waals surface area contributed by atoms with Crippen LogP contribution in [-0.4, -0.2) is 29.9 Å². The zero-order chi connectivity index (χ0) is 14.5. The van der Waals surface area contributed by atoms with Crippen LogP contribution in [0.4, 0.5) is 0 Å². The summed E-state index contributed by atoms with van der Waals surface area (Å²) < 4.78 is 5.58. The highest BCUT2D eigenvalue weighted by molar-refractivity contribution is 6.30. The third kappa shape index (κ3) is 9.40. The minimum absolute atomic E-state index is 0. The Hall–Kier alpha value is -0.230. The molecule has 4 N–H and O–H groups in total. The molecule has 0 aliphatic rings. The zero-order valence-corrected chi connectivity index (χ0v) is 14.9. The van der Waals surface area contributed by atoms with Gasteiger partial charge in [-0.2, -0.15) is 0 Å². The molecule has 4 nitrogen and oxygen atoms in total. The van der Waals surface area contributed by atoms with Crippen LogP contribution >= 0.6 is 36.4 Å². The molecule has 0 aromatic heterocycles. The van der Waals surface area contributed by atoms with Crippen LogP contribution in [-0.2, 0) is 6.54 Å². The summed E-state index contributed by atoms with van der Waals surface area (Å²) in [5, 5.41) is 13.7. The topological polar surface area (TPSA) is 67.5 Å². The monoisotopic (exact) mass is 358 g/mol. The summed E-state index contributed by atoms with van der Waals surface area (Å²) in [4.78, 5) is 0. The van der Waals surface area contributed by atoms with E-state index in [1.165, 1.54) is 0 Å². The highest BCUT2D eigenvalue weighted by atomic mass is 35.5. The van der Waals surface area contributed by atoms with E-state index in [9.17, 15) is 5.11 Å². The minimum Gasteiger partial charge on any atom is -0.491 e. The van der Waals surface area contributed by atoms with Crippen LogP contribution in [0, 0.1) is 0 Å². The number of nitrogens with one attached hydrogen (secondary N) is 1. The summed E-state index contributed by atoms with van der Waals surface area (Å²) in [6, 6.07) is 5.29. The molecule has 7 heteroatoms. The van der Waals surface area contributed by atoms with Crippen LogP contribution in [0.25, 0.3) is 0 Å². The summed E-state index contributed by atoms with van der Waals surface area (Å²) in [6.45, 7) is 7.20. The maximum absolute atomic E-state index is 9.85. The summed E-state index contributed by atoms with van der Waals surface area (Å²) in [5.41, 5.74) is 6.44. The average Bonchev–Trinajstić information content (AvgIpc) is 2.33. The number of hydrogen-bond acceptors (Lipinski definition) is 4. The van der Waals surface area contributed by atoms with Crippen LogP contribution in [0.3, 0.4) is 0 Å². The molecule has 0 heterocycles. The van der Waals surface area contributed by atoms with Gasteiger partial charge in [0.05, 0.1) is 0 Å². The fourth-order valence-corrected chi connectivity index (χ4v) is 1.71. The van der Waals surface area contributed by atoms with Crippen LogP contribution in [0.5, 0.6) is 5.75 Å². The van der Waals surface area contributed by atoms with Crippen molar-refractivity contribution >= 4 is 36.4 Å². The Labute approximate surface area is 144 Å². The molecule has 1 rings (SSSR count). The average molecular weight is 360 g/mol. The van der Waals surface area contributed by atoms with E-state index in [4.69, 9.17) is 22.1 Å². The van der Waals surface area contributed by atoms with Crippen LogP contribution in [0.15, 0.2) is 18.2 Å². The zero-order valence-electron chi connectivity index (χ0n) is 12.6. The molecule has 0 radical (unpaired) electrons. The number of halogens is 3. The van der Waals surface area contributed by atoms with Crippen molar-refractivity contribution in [1.29, 1.82) is 0 Å². The summed E-state index contributed by atoms with van der Waals surface area (Å²) in [6.07, 6.45) is -0.569. The third-order valence-electron chi connectivity index (χ3n) is 2.54. The molecule has 1 aromatic carbocycles. The van der Waals surface area contributed by atoms with Gasteiger partial charge in [0.2, 0.25) is 0 Å². The summed E-state index contributed by atoms with van der Waals surface area (Å²) >= 11 is 5.89. The third-order valence-corrected chi connectivity index (χ3v) is 2.78. The molecule has 1 atom stereocenters. The van der Waals surface area contributed by atoms with E-state index in [0.29, 0.717) is 23.9 Å². The van der Waals surface area contributed by atoms with Crippen LogP contribution < -0.4 is 15.8 Å². The Morgan fingerprint density at radius 1 is 1.33 bits per heavy atom. The second kappa shape index (κ2) is 10.5. The van der Waals surface area contributed by atoms with Gasteiger partial charge in [0, 0.05) is 29.2 Å².